The van der Waals surface area contributed by atoms with Crippen LogP contribution in [0.3, 0.4) is 0 Å². The van der Waals surface area contributed by atoms with E-state index in [9.17, 15) is 0 Å². The highest BCUT2D eigenvalue weighted by Gasteiger charge is 2.19. The zero-order valence-corrected chi connectivity index (χ0v) is 21.5. The molecule has 0 bridgehead atoms. The van der Waals surface area contributed by atoms with E-state index in [0.717, 1.165) is 0 Å². The summed E-state index contributed by atoms with van der Waals surface area (Å²) in [6, 6.07) is 34.5. The quantitative estimate of drug-likeness (QED) is 0.385. The first-order valence-electron chi connectivity index (χ1n) is 11.3. The maximum atomic E-state index is 8.49. The van der Waals surface area contributed by atoms with Gasteiger partial charge < -0.3 is 4.90 Å². The van der Waals surface area contributed by atoms with Gasteiger partial charge in [0.1, 0.15) is 7.05 Å². The molecule has 0 radical (unpaired) electrons. The Hall–Kier alpha value is -3.52. The zero-order valence-electron chi connectivity index (χ0n) is 20.7. The predicted octanol–water partition coefficient (Wildman–Crippen LogP) is 1.72. The van der Waals surface area contributed by atoms with Gasteiger partial charge in [0.05, 0.1) is 0 Å². The molecule has 0 aliphatic carbocycles. The second kappa shape index (κ2) is 11.9. The van der Waals surface area contributed by atoms with Crippen LogP contribution < -0.4 is 28.1 Å². The van der Waals surface area contributed by atoms with E-state index in [1.54, 1.807) is 0 Å². The second-order valence-electron chi connectivity index (χ2n) is 8.50. The van der Waals surface area contributed by atoms with Crippen molar-refractivity contribution in [1.29, 1.82) is 0 Å². The molecule has 0 saturated carbocycles. The average Bonchev–Trinajstić information content (AvgIpc) is 2.84. The van der Waals surface area contributed by atoms with Gasteiger partial charge in [-0.05, 0) is 60.0 Å². The molecule has 0 N–H and O–H groups in total. The number of hydrogen-bond donors (Lipinski definition) is 0. The van der Waals surface area contributed by atoms with Crippen LogP contribution in [0.2, 0.25) is 0 Å². The Balaban J connectivity index is 0.000000658. The fourth-order valence-electron chi connectivity index (χ4n) is 3.86. The van der Waals surface area contributed by atoms with Gasteiger partial charge in [0.2, 0.25) is 11.4 Å². The lowest BCUT2D eigenvalue weighted by Crippen LogP contribution is -2.68. The smallest absolute Gasteiger partial charge is 0.213 e. The van der Waals surface area contributed by atoms with E-state index < -0.39 is 10.2 Å². The van der Waals surface area contributed by atoms with Crippen LogP contribution in [0.4, 0.5) is 5.69 Å². The number of nitrogens with zero attached hydrogens (tertiary/aromatic N) is 2. The third kappa shape index (κ3) is 7.75. The molecular weight excluding hydrogens is 476 g/mol. The summed E-state index contributed by atoms with van der Waals surface area (Å²) in [5, 5.41) is 0. The summed E-state index contributed by atoms with van der Waals surface area (Å²) >= 11 is 0. The van der Waals surface area contributed by atoms with Crippen LogP contribution in [0, 0.1) is 10.2 Å². The van der Waals surface area contributed by atoms with Crippen LogP contribution in [-0.2, 0) is 7.05 Å². The number of benzene rings is 3. The van der Waals surface area contributed by atoms with E-state index >= 15 is 0 Å². The lowest BCUT2D eigenvalue weighted by atomic mass is 9.98. The molecule has 0 saturated heterocycles. The number of halogens is 1. The normalized spacial score (nSPS) is 11.5. The number of allylic oxidation sites excluding steroid dienone is 1. The SMILES string of the molecule is C/C(=C\c1ccc(N(C)C)cc1)c1cc(-c2ccccc2)[n+](C)c(-c2ccccc2)c1.[O-][Cl+3]([O-])([O-])[O-]. The molecule has 186 valence electrons. The first-order valence-corrected chi connectivity index (χ1v) is 12.5. The maximum absolute atomic E-state index is 8.49. The van der Waals surface area contributed by atoms with E-state index in [-0.39, 0.29) is 0 Å². The van der Waals surface area contributed by atoms with Gasteiger partial charge in [-0.25, -0.2) is 18.6 Å². The monoisotopic (exact) mass is 504 g/mol. The summed E-state index contributed by atoms with van der Waals surface area (Å²) in [5.41, 5.74) is 9.72. The molecule has 1 heterocycles. The van der Waals surface area contributed by atoms with Gasteiger partial charge >= 0.3 is 0 Å². The van der Waals surface area contributed by atoms with Gasteiger partial charge in [-0.1, -0.05) is 54.6 Å². The summed E-state index contributed by atoms with van der Waals surface area (Å²) in [7, 11) is 1.33. The van der Waals surface area contributed by atoms with Crippen LogP contribution in [0.5, 0.6) is 0 Å². The summed E-state index contributed by atoms with van der Waals surface area (Å²) in [6.07, 6.45) is 2.26. The summed E-state index contributed by atoms with van der Waals surface area (Å²) in [5.74, 6) is 0. The Morgan fingerprint density at radius 1 is 0.722 bits per heavy atom. The molecule has 36 heavy (non-hydrogen) atoms. The highest BCUT2D eigenvalue weighted by Crippen LogP contribution is 2.27. The van der Waals surface area contributed by atoms with Gasteiger partial charge in [0, 0.05) is 43.0 Å². The molecule has 0 aliphatic rings. The van der Waals surface area contributed by atoms with Crippen molar-refractivity contribution >= 4 is 17.3 Å². The van der Waals surface area contributed by atoms with Crippen molar-refractivity contribution in [1.82, 2.24) is 0 Å². The topological polar surface area (TPSA) is 99.4 Å². The molecule has 0 unspecified atom stereocenters. The van der Waals surface area contributed by atoms with Gasteiger partial charge in [-0.2, -0.15) is 4.57 Å². The second-order valence-corrected chi connectivity index (χ2v) is 9.25. The van der Waals surface area contributed by atoms with Crippen molar-refractivity contribution in [2.24, 2.45) is 7.05 Å². The number of rotatable bonds is 5. The fourth-order valence-corrected chi connectivity index (χ4v) is 3.86. The number of pyridine rings is 1. The van der Waals surface area contributed by atoms with E-state index in [2.05, 4.69) is 141 Å². The predicted molar refractivity (Wildman–Crippen MR) is 133 cm³/mol. The molecule has 0 amide bonds. The lowest BCUT2D eigenvalue weighted by Gasteiger charge is -2.17. The van der Waals surface area contributed by atoms with Crippen LogP contribution in [0.15, 0.2) is 97.1 Å². The number of anilines is 1. The first kappa shape index (κ1) is 27.1. The van der Waals surface area contributed by atoms with Gasteiger partial charge in [-0.3, -0.25) is 0 Å². The average molecular weight is 505 g/mol. The standard InChI is InChI=1S/C29H29N2.ClHO4/c1-22(19-23-15-17-27(18-16-23)30(2)3)26-20-28(24-11-7-5-8-12-24)31(4)29(21-26)25-13-9-6-10-14-25;2-1(3,4)5/h5-21H,1-4H3;(H,2,3,4,5)/q+1;/p-1. The Morgan fingerprint density at radius 3 is 1.53 bits per heavy atom. The minimum atomic E-state index is -4.94. The van der Waals surface area contributed by atoms with Crippen molar-refractivity contribution in [2.75, 3.05) is 19.0 Å². The molecule has 1 aromatic heterocycles. The van der Waals surface area contributed by atoms with Crippen LogP contribution >= 0.6 is 0 Å². The van der Waals surface area contributed by atoms with E-state index in [4.69, 9.17) is 18.6 Å². The molecule has 0 fully saturated rings. The zero-order chi connectivity index (χ0) is 26.3. The van der Waals surface area contributed by atoms with Crippen molar-refractivity contribution < 1.29 is 33.4 Å². The van der Waals surface area contributed by atoms with Crippen molar-refractivity contribution in [3.05, 3.63) is 108 Å². The van der Waals surface area contributed by atoms with Crippen LogP contribution in [0.1, 0.15) is 18.1 Å². The third-order valence-corrected chi connectivity index (χ3v) is 5.69. The minimum Gasteiger partial charge on any atom is -0.378 e. The Bertz CT molecular complexity index is 1230. The van der Waals surface area contributed by atoms with Crippen LogP contribution in [-0.4, -0.2) is 14.1 Å². The van der Waals surface area contributed by atoms with E-state index in [1.807, 2.05) is 0 Å². The third-order valence-electron chi connectivity index (χ3n) is 5.69. The molecule has 0 atom stereocenters. The Labute approximate surface area is 214 Å². The summed E-state index contributed by atoms with van der Waals surface area (Å²) in [6.45, 7) is 2.19. The summed E-state index contributed by atoms with van der Waals surface area (Å²) < 4.78 is 36.3. The fraction of sp³-hybridized carbons (Fsp3) is 0.138. The maximum Gasteiger partial charge on any atom is 0.213 e. The number of aromatic nitrogens is 1. The molecule has 4 rings (SSSR count). The first-order chi connectivity index (χ1) is 17.0. The van der Waals surface area contributed by atoms with Gasteiger partial charge in [0.15, 0.2) is 0 Å². The van der Waals surface area contributed by atoms with Crippen LogP contribution in [0.25, 0.3) is 34.2 Å². The van der Waals surface area contributed by atoms with Gasteiger partial charge in [-0.15, -0.1) is 10.2 Å². The highest BCUT2D eigenvalue weighted by molar-refractivity contribution is 5.83. The Morgan fingerprint density at radius 2 is 1.14 bits per heavy atom. The van der Waals surface area contributed by atoms with E-state index in [0.29, 0.717) is 0 Å². The van der Waals surface area contributed by atoms with Crippen molar-refractivity contribution in [3.63, 3.8) is 0 Å². The van der Waals surface area contributed by atoms with E-state index in [1.165, 1.54) is 44.9 Å². The molecule has 3 aromatic carbocycles. The highest BCUT2D eigenvalue weighted by atomic mass is 35.7. The molecular formula is C29H29ClN2O4. The molecule has 7 heteroatoms. The van der Waals surface area contributed by atoms with Crippen molar-refractivity contribution in [2.45, 2.75) is 6.92 Å². The lowest BCUT2D eigenvalue weighted by molar-refractivity contribution is -2.00. The molecule has 4 aromatic rings. The molecule has 0 spiro atoms. The largest absolute Gasteiger partial charge is 0.378 e. The van der Waals surface area contributed by atoms with Gasteiger partial charge in [0.25, 0.3) is 0 Å². The molecule has 0 aliphatic heterocycles. The van der Waals surface area contributed by atoms with Crippen molar-refractivity contribution in [3.8, 4) is 22.5 Å². The Kier molecular flexibility index (Phi) is 8.98. The summed E-state index contributed by atoms with van der Waals surface area (Å²) in [4.78, 5) is 2.12. The number of hydrogen-bond acceptors (Lipinski definition) is 5. The minimum absolute atomic E-state index is 1.20. The molecule has 6 nitrogen and oxygen atoms in total.